The third-order valence-corrected chi connectivity index (χ3v) is 5.18. The molecular weight excluding hydrogens is 350 g/mol. The molecule has 1 saturated carbocycles. The van der Waals surface area contributed by atoms with Gasteiger partial charge in [-0.3, -0.25) is 14.9 Å². The van der Waals surface area contributed by atoms with Crippen LogP contribution in [0.4, 0.5) is 0 Å². The Kier molecular flexibility index (Phi) is 3.90. The zero-order chi connectivity index (χ0) is 19.1. The van der Waals surface area contributed by atoms with Crippen LogP contribution in [0, 0.1) is 6.92 Å². The van der Waals surface area contributed by atoms with Crippen LogP contribution in [-0.2, 0) is 0 Å². The van der Waals surface area contributed by atoms with Gasteiger partial charge in [-0.25, -0.2) is 4.98 Å². The van der Waals surface area contributed by atoms with E-state index in [-0.39, 0.29) is 11.9 Å². The lowest BCUT2D eigenvalue weighted by Crippen LogP contribution is -2.26. The maximum absolute atomic E-state index is 12.7. The number of nitrogens with one attached hydrogen (secondary N) is 2. The molecule has 2 N–H and O–H groups in total. The Morgan fingerprint density at radius 1 is 1.14 bits per heavy atom. The Balaban J connectivity index is 1.39. The topological polar surface area (TPSA) is 83.6 Å². The van der Waals surface area contributed by atoms with Gasteiger partial charge in [0.15, 0.2) is 5.65 Å². The van der Waals surface area contributed by atoms with Gasteiger partial charge in [-0.2, -0.15) is 5.10 Å². The van der Waals surface area contributed by atoms with E-state index in [1.54, 1.807) is 12.4 Å². The molecule has 3 heterocycles. The summed E-state index contributed by atoms with van der Waals surface area (Å²) >= 11 is 0. The summed E-state index contributed by atoms with van der Waals surface area (Å²) in [6.45, 7) is 1.94. The number of hydrogen-bond acceptors (Lipinski definition) is 4. The number of amides is 1. The summed E-state index contributed by atoms with van der Waals surface area (Å²) in [5.41, 5.74) is 5.11. The molecule has 0 bridgehead atoms. The second-order valence-corrected chi connectivity index (χ2v) is 7.21. The fraction of sp³-hybridized carbons (Fsp3) is 0.182. The minimum absolute atomic E-state index is 0.101. The van der Waals surface area contributed by atoms with Gasteiger partial charge in [-0.05, 0) is 37.1 Å². The summed E-state index contributed by atoms with van der Waals surface area (Å²) in [7, 11) is 0. The molecule has 1 amide bonds. The monoisotopic (exact) mass is 369 g/mol. The second-order valence-electron chi connectivity index (χ2n) is 7.21. The summed E-state index contributed by atoms with van der Waals surface area (Å²) in [5.74, 6) is 0.294. The molecule has 1 aliphatic rings. The van der Waals surface area contributed by atoms with Crippen LogP contribution in [0.3, 0.4) is 0 Å². The van der Waals surface area contributed by atoms with Crippen LogP contribution >= 0.6 is 0 Å². The molecular formula is C22H19N5O. The van der Waals surface area contributed by atoms with Gasteiger partial charge in [0.25, 0.3) is 5.91 Å². The van der Waals surface area contributed by atoms with Crippen molar-refractivity contribution in [1.82, 2.24) is 25.5 Å². The summed E-state index contributed by atoms with van der Waals surface area (Å²) in [6.07, 6.45) is 4.32. The molecule has 3 aromatic heterocycles. The summed E-state index contributed by atoms with van der Waals surface area (Å²) in [4.78, 5) is 21.4. The van der Waals surface area contributed by atoms with Gasteiger partial charge in [0.1, 0.15) is 5.69 Å². The average Bonchev–Trinajstić information content (AvgIpc) is 3.35. The maximum atomic E-state index is 12.7. The predicted octanol–water partition coefficient (Wildman–Crippen LogP) is 3.61. The molecule has 6 heteroatoms. The van der Waals surface area contributed by atoms with E-state index in [1.807, 2.05) is 43.3 Å². The number of pyridine rings is 2. The van der Waals surface area contributed by atoms with Crippen molar-refractivity contribution in [3.63, 3.8) is 0 Å². The van der Waals surface area contributed by atoms with E-state index in [2.05, 4.69) is 37.6 Å². The third kappa shape index (κ3) is 3.03. The Bertz CT molecular complexity index is 1170. The summed E-state index contributed by atoms with van der Waals surface area (Å²) < 4.78 is 0. The van der Waals surface area contributed by atoms with Crippen LogP contribution in [0.2, 0.25) is 0 Å². The number of carbonyl (C=O) groups is 1. The molecule has 28 heavy (non-hydrogen) atoms. The number of rotatable bonds is 4. The largest absolute Gasteiger partial charge is 0.349 e. The molecule has 0 spiro atoms. The Morgan fingerprint density at radius 2 is 2.00 bits per heavy atom. The van der Waals surface area contributed by atoms with Gasteiger partial charge in [-0.15, -0.1) is 0 Å². The Labute approximate surface area is 162 Å². The Hall–Kier alpha value is -3.54. The van der Waals surface area contributed by atoms with Crippen LogP contribution in [-0.4, -0.2) is 32.1 Å². The number of carbonyl (C=O) groups excluding carboxylic acids is 1. The standard InChI is InChI=1S/C22H19N5O/c1-13-9-15(7-8-23-13)20-18-10-16(12-24-21(18)27-26-20)22(28)25-19-11-17(19)14-5-3-2-4-6-14/h2-10,12,17,19H,11H2,1H3,(H,25,28)(H,24,26,27). The van der Waals surface area contributed by atoms with Gasteiger partial charge < -0.3 is 5.32 Å². The minimum Gasteiger partial charge on any atom is -0.349 e. The second kappa shape index (κ2) is 6.56. The van der Waals surface area contributed by atoms with Gasteiger partial charge in [0, 0.05) is 41.0 Å². The highest BCUT2D eigenvalue weighted by Gasteiger charge is 2.39. The van der Waals surface area contributed by atoms with Crippen molar-refractivity contribution in [2.75, 3.05) is 0 Å². The van der Waals surface area contributed by atoms with Crippen molar-refractivity contribution in [1.29, 1.82) is 0 Å². The molecule has 5 rings (SSSR count). The van der Waals surface area contributed by atoms with Crippen LogP contribution in [0.25, 0.3) is 22.3 Å². The fourth-order valence-electron chi connectivity index (χ4n) is 3.62. The first kappa shape index (κ1) is 16.6. The molecule has 2 atom stereocenters. The summed E-state index contributed by atoms with van der Waals surface area (Å²) in [5, 5.41) is 11.3. The van der Waals surface area contributed by atoms with E-state index < -0.39 is 0 Å². The van der Waals surface area contributed by atoms with Gasteiger partial charge in [0.2, 0.25) is 0 Å². The highest BCUT2D eigenvalue weighted by atomic mass is 16.1. The van der Waals surface area contributed by atoms with Crippen LogP contribution in [0.15, 0.2) is 60.9 Å². The number of aromatic amines is 1. The van der Waals surface area contributed by atoms with Gasteiger partial charge in [0.05, 0.1) is 5.56 Å². The molecule has 2 unspecified atom stereocenters. The van der Waals surface area contributed by atoms with E-state index in [4.69, 9.17) is 0 Å². The van der Waals surface area contributed by atoms with E-state index >= 15 is 0 Å². The predicted molar refractivity (Wildman–Crippen MR) is 107 cm³/mol. The van der Waals surface area contributed by atoms with E-state index in [1.165, 1.54) is 5.56 Å². The number of fused-ring (bicyclic) bond motifs is 1. The quantitative estimate of drug-likeness (QED) is 0.576. The number of aromatic nitrogens is 4. The number of benzene rings is 1. The summed E-state index contributed by atoms with van der Waals surface area (Å²) in [6, 6.07) is 16.2. The molecule has 0 radical (unpaired) electrons. The lowest BCUT2D eigenvalue weighted by Gasteiger charge is -2.05. The first-order chi connectivity index (χ1) is 13.7. The molecule has 1 fully saturated rings. The van der Waals surface area contributed by atoms with Crippen LogP contribution < -0.4 is 5.32 Å². The molecule has 1 aliphatic carbocycles. The number of nitrogens with zero attached hydrogens (tertiary/aromatic N) is 3. The highest BCUT2D eigenvalue weighted by molar-refractivity contribution is 6.00. The van der Waals surface area contributed by atoms with Crippen molar-refractivity contribution < 1.29 is 4.79 Å². The van der Waals surface area contributed by atoms with Gasteiger partial charge >= 0.3 is 0 Å². The van der Waals surface area contributed by atoms with Crippen molar-refractivity contribution >= 4 is 16.9 Å². The minimum atomic E-state index is -0.101. The molecule has 0 aliphatic heterocycles. The van der Waals surface area contributed by atoms with E-state index in [0.717, 1.165) is 28.8 Å². The molecule has 4 aromatic rings. The van der Waals surface area contributed by atoms with Crippen LogP contribution in [0.5, 0.6) is 0 Å². The number of aryl methyl sites for hydroxylation is 1. The third-order valence-electron chi connectivity index (χ3n) is 5.18. The van der Waals surface area contributed by atoms with Crippen molar-refractivity contribution in [2.45, 2.75) is 25.3 Å². The zero-order valence-corrected chi connectivity index (χ0v) is 15.4. The number of H-pyrrole nitrogens is 1. The molecule has 0 saturated heterocycles. The fourth-order valence-corrected chi connectivity index (χ4v) is 3.62. The van der Waals surface area contributed by atoms with Crippen LogP contribution in [0.1, 0.15) is 34.0 Å². The SMILES string of the molecule is Cc1cc(-c2n[nH]c3ncc(C(=O)NC4CC4c4ccccc4)cc23)ccn1. The molecule has 1 aromatic carbocycles. The first-order valence-corrected chi connectivity index (χ1v) is 9.32. The molecule has 138 valence electrons. The Morgan fingerprint density at radius 3 is 2.82 bits per heavy atom. The average molecular weight is 369 g/mol. The molecule has 6 nitrogen and oxygen atoms in total. The van der Waals surface area contributed by atoms with Gasteiger partial charge in [-0.1, -0.05) is 30.3 Å². The van der Waals surface area contributed by atoms with Crippen molar-refractivity contribution in [3.05, 3.63) is 77.7 Å². The first-order valence-electron chi connectivity index (χ1n) is 9.32. The van der Waals surface area contributed by atoms with E-state index in [0.29, 0.717) is 17.1 Å². The lowest BCUT2D eigenvalue weighted by atomic mass is 10.1. The number of hydrogen-bond donors (Lipinski definition) is 2. The highest BCUT2D eigenvalue weighted by Crippen LogP contribution is 2.40. The maximum Gasteiger partial charge on any atom is 0.253 e. The lowest BCUT2D eigenvalue weighted by molar-refractivity contribution is 0.0950. The van der Waals surface area contributed by atoms with Crippen molar-refractivity contribution in [3.8, 4) is 11.3 Å². The zero-order valence-electron chi connectivity index (χ0n) is 15.4. The van der Waals surface area contributed by atoms with E-state index in [9.17, 15) is 4.79 Å². The normalized spacial score (nSPS) is 18.2. The van der Waals surface area contributed by atoms with Crippen molar-refractivity contribution in [2.24, 2.45) is 0 Å². The smallest absolute Gasteiger partial charge is 0.253 e.